The smallest absolute Gasteiger partial charge is 0.417 e. The average Bonchev–Trinajstić information content (AvgIpc) is 3.29. The van der Waals surface area contributed by atoms with Gasteiger partial charge < -0.3 is 20.2 Å². The van der Waals surface area contributed by atoms with Crippen molar-refractivity contribution in [3.63, 3.8) is 0 Å². The number of nitrogens with two attached hydrogens (primary N) is 1. The highest BCUT2D eigenvalue weighted by Crippen LogP contribution is 2.59. The van der Waals surface area contributed by atoms with E-state index in [0.717, 1.165) is 32.4 Å². The molecular formula is C21H20F5N4O4+. The number of H-pyrrole nitrogens is 1. The van der Waals surface area contributed by atoms with Gasteiger partial charge in [-0.3, -0.25) is 10.0 Å². The number of nitrogens with one attached hydrogen (secondary N) is 1. The number of carbonyl (C=O) groups is 1. The van der Waals surface area contributed by atoms with E-state index in [1.54, 1.807) is 0 Å². The first kappa shape index (κ1) is 23.7. The molecule has 182 valence electrons. The molecule has 1 amide bonds. The Morgan fingerprint density at radius 2 is 2.00 bits per heavy atom. The lowest BCUT2D eigenvalue weighted by atomic mass is 9.77. The number of hydrogen-bond donors (Lipinski definition) is 3. The number of aromatic nitrogens is 3. The Kier molecular flexibility index (Phi) is 5.42. The molecule has 4 atom stereocenters. The van der Waals surface area contributed by atoms with Crippen molar-refractivity contribution in [3.05, 3.63) is 53.1 Å². The van der Waals surface area contributed by atoms with E-state index >= 15 is 0 Å². The topological polar surface area (TPSA) is 114 Å². The van der Waals surface area contributed by atoms with Crippen LogP contribution in [0.5, 0.6) is 5.75 Å². The van der Waals surface area contributed by atoms with E-state index < -0.39 is 58.7 Å². The van der Waals surface area contributed by atoms with Crippen LogP contribution in [0.2, 0.25) is 0 Å². The molecule has 0 radical (unpaired) electrons. The number of amides is 1. The zero-order valence-electron chi connectivity index (χ0n) is 18.1. The Bertz CT molecular complexity index is 1290. The molecule has 1 aliphatic heterocycles. The number of carbonyl (C=O) groups excluding carboxylic acids is 1. The van der Waals surface area contributed by atoms with Crippen LogP contribution in [0.15, 0.2) is 24.4 Å². The number of rotatable bonds is 4. The Hall–Kier alpha value is -3.48. The maximum absolute atomic E-state index is 14.5. The Balaban J connectivity index is 1.96. The molecular weight excluding hydrogens is 467 g/mol. The molecule has 1 saturated heterocycles. The molecule has 8 nitrogen and oxygen atoms in total. The minimum atomic E-state index is -4.83. The zero-order chi connectivity index (χ0) is 25.2. The number of primary amides is 1. The molecule has 34 heavy (non-hydrogen) atoms. The third-order valence-corrected chi connectivity index (χ3v) is 6.40. The average molecular weight is 487 g/mol. The maximum atomic E-state index is 14.5. The number of methoxy groups -OCH3 is 1. The summed E-state index contributed by atoms with van der Waals surface area (Å²) in [4.78, 5) is 18.8. The van der Waals surface area contributed by atoms with Gasteiger partial charge in [0.1, 0.15) is 11.9 Å². The fourth-order valence-corrected chi connectivity index (χ4v) is 4.45. The fourth-order valence-electron chi connectivity index (χ4n) is 4.45. The number of pyridine rings is 1. The lowest BCUT2D eigenvalue weighted by Gasteiger charge is -2.32. The van der Waals surface area contributed by atoms with Crippen molar-refractivity contribution in [2.75, 3.05) is 7.11 Å². The first-order valence-electron chi connectivity index (χ1n) is 10.0. The number of imidazole rings is 1. The number of ether oxygens (including phenoxy) is 2. The zero-order valence-corrected chi connectivity index (χ0v) is 18.1. The van der Waals surface area contributed by atoms with Crippen molar-refractivity contribution in [2.45, 2.75) is 37.6 Å². The van der Waals surface area contributed by atoms with E-state index in [2.05, 4.69) is 9.97 Å². The predicted molar refractivity (Wildman–Crippen MR) is 105 cm³/mol. The van der Waals surface area contributed by atoms with Crippen LogP contribution in [0.3, 0.4) is 0 Å². The van der Waals surface area contributed by atoms with Gasteiger partial charge in [0.25, 0.3) is 0 Å². The van der Waals surface area contributed by atoms with Gasteiger partial charge in [0.05, 0.1) is 12.6 Å². The van der Waals surface area contributed by atoms with Crippen molar-refractivity contribution in [2.24, 2.45) is 11.7 Å². The monoisotopic (exact) mass is 487 g/mol. The highest BCUT2D eigenvalue weighted by atomic mass is 19.4. The van der Waals surface area contributed by atoms with Gasteiger partial charge in [-0.15, -0.1) is 0 Å². The highest BCUT2D eigenvalue weighted by Gasteiger charge is 2.65. The molecule has 3 heterocycles. The number of benzene rings is 1. The summed E-state index contributed by atoms with van der Waals surface area (Å²) in [5, 5.41) is 9.93. The van der Waals surface area contributed by atoms with Crippen LogP contribution in [-0.2, 0) is 4.74 Å². The van der Waals surface area contributed by atoms with Crippen LogP contribution >= 0.6 is 0 Å². The van der Waals surface area contributed by atoms with E-state index in [1.165, 1.54) is 13.0 Å². The Morgan fingerprint density at radius 3 is 2.59 bits per heavy atom. The van der Waals surface area contributed by atoms with Crippen molar-refractivity contribution < 1.29 is 46.2 Å². The van der Waals surface area contributed by atoms with Gasteiger partial charge in [-0.05, 0) is 13.0 Å². The van der Waals surface area contributed by atoms with Crippen molar-refractivity contribution in [1.82, 2.24) is 9.97 Å². The van der Waals surface area contributed by atoms with E-state index in [-0.39, 0.29) is 22.4 Å². The number of halogens is 5. The van der Waals surface area contributed by atoms with Crippen LogP contribution < -0.4 is 15.2 Å². The molecule has 3 aromatic rings. The second-order valence-electron chi connectivity index (χ2n) is 8.20. The van der Waals surface area contributed by atoms with Gasteiger partial charge in [-0.2, -0.15) is 17.6 Å². The first-order valence-corrected chi connectivity index (χ1v) is 10.0. The summed E-state index contributed by atoms with van der Waals surface area (Å²) in [6.45, 7) is 2.13. The fraction of sp³-hybridized carbons (Fsp3) is 0.381. The predicted octanol–water partition coefficient (Wildman–Crippen LogP) is 3.29. The van der Waals surface area contributed by atoms with Crippen LogP contribution in [0.25, 0.3) is 11.0 Å². The molecule has 1 fully saturated rings. The van der Waals surface area contributed by atoms with Gasteiger partial charge in [0.2, 0.25) is 12.0 Å². The second kappa shape index (κ2) is 7.79. The third kappa shape index (κ3) is 3.33. The molecule has 0 saturated carbocycles. The lowest BCUT2D eigenvalue weighted by Crippen LogP contribution is -2.46. The van der Waals surface area contributed by atoms with E-state index in [0.29, 0.717) is 4.73 Å². The van der Waals surface area contributed by atoms with E-state index in [9.17, 15) is 32.0 Å². The molecule has 0 bridgehead atoms. The minimum absolute atomic E-state index is 0.0559. The molecule has 1 aromatic carbocycles. The Morgan fingerprint density at radius 1 is 1.32 bits per heavy atom. The number of alkyl halides is 3. The van der Waals surface area contributed by atoms with Crippen LogP contribution in [0.1, 0.15) is 47.7 Å². The van der Waals surface area contributed by atoms with Crippen molar-refractivity contribution in [1.29, 1.82) is 0 Å². The summed E-state index contributed by atoms with van der Waals surface area (Å²) in [7, 11) is 1.07. The summed E-state index contributed by atoms with van der Waals surface area (Å²) in [5.41, 5.74) is 2.22. The molecule has 0 unspecified atom stereocenters. The number of nitrogens with zero attached hydrogens (tertiary/aromatic N) is 2. The number of hydrogen-bond acceptors (Lipinski definition) is 5. The normalized spacial score (nSPS) is 25.1. The van der Waals surface area contributed by atoms with Gasteiger partial charge >= 0.3 is 17.8 Å². The SMILES string of the molecule is COc1c([C@H]2[C@H](c3nc4c(C(N)=O)[n+](O)ccc4[nH]3)O[C@@](C)(C(F)(F)F)[C@H]2C)ccc(F)c1F. The van der Waals surface area contributed by atoms with Crippen molar-refractivity contribution in [3.8, 4) is 5.75 Å². The third-order valence-electron chi connectivity index (χ3n) is 6.40. The first-order chi connectivity index (χ1) is 15.8. The van der Waals surface area contributed by atoms with Crippen LogP contribution in [-0.4, -0.2) is 40.0 Å². The maximum Gasteiger partial charge on any atom is 0.417 e. The quantitative estimate of drug-likeness (QED) is 0.297. The Labute approximate surface area is 189 Å². The largest absolute Gasteiger partial charge is 0.493 e. The summed E-state index contributed by atoms with van der Waals surface area (Å²) in [6.07, 6.45) is -5.18. The lowest BCUT2D eigenvalue weighted by molar-refractivity contribution is -0.905. The number of fused-ring (bicyclic) bond motifs is 1. The van der Waals surface area contributed by atoms with Gasteiger partial charge in [0.15, 0.2) is 22.7 Å². The minimum Gasteiger partial charge on any atom is -0.493 e. The van der Waals surface area contributed by atoms with Crippen LogP contribution in [0, 0.1) is 17.6 Å². The highest BCUT2D eigenvalue weighted by molar-refractivity contribution is 6.00. The molecule has 1 aliphatic rings. The van der Waals surface area contributed by atoms with E-state index in [4.69, 9.17) is 15.2 Å². The van der Waals surface area contributed by atoms with Gasteiger partial charge in [0, 0.05) is 28.2 Å². The van der Waals surface area contributed by atoms with E-state index in [1.807, 2.05) is 0 Å². The molecule has 0 spiro atoms. The van der Waals surface area contributed by atoms with Gasteiger partial charge in [-0.1, -0.05) is 13.0 Å². The summed E-state index contributed by atoms with van der Waals surface area (Å²) >= 11 is 0. The summed E-state index contributed by atoms with van der Waals surface area (Å²) < 4.78 is 81.6. The molecule has 2 aromatic heterocycles. The molecule has 0 aliphatic carbocycles. The summed E-state index contributed by atoms with van der Waals surface area (Å²) in [5.74, 6) is -6.82. The molecule has 4 rings (SSSR count). The van der Waals surface area contributed by atoms with Crippen LogP contribution in [0.4, 0.5) is 22.0 Å². The molecule has 4 N–H and O–H groups in total. The second-order valence-corrected chi connectivity index (χ2v) is 8.20. The van der Waals surface area contributed by atoms with Crippen molar-refractivity contribution >= 4 is 16.9 Å². The van der Waals surface area contributed by atoms with Gasteiger partial charge in [-0.25, -0.2) is 9.37 Å². The standard InChI is InChI=1S/C21H19F5N4O4/c1-8-12(9-4-5-10(22)13(23)16(9)33-3)17(34-20(8,2)21(24,25)26)19-28-11-6-7-30(32)15(18(27)31)14(11)29-19/h4-8,12,17,32H,1-3H3,(H2,27,31)/p+1/t8-,12-,17+,20+/m0/s1. The number of aromatic amines is 1. The summed E-state index contributed by atoms with van der Waals surface area (Å²) in [6, 6.07) is 3.25. The molecule has 13 heteroatoms.